The second kappa shape index (κ2) is 11.7. The minimum Gasteiger partial charge on any atom is -0.382 e. The number of nitrogens with one attached hydrogen (secondary N) is 1. The summed E-state index contributed by atoms with van der Waals surface area (Å²) >= 11 is 0. The van der Waals surface area contributed by atoms with Gasteiger partial charge in [0.05, 0.1) is 11.6 Å². The van der Waals surface area contributed by atoms with Crippen molar-refractivity contribution in [3.63, 3.8) is 0 Å². The van der Waals surface area contributed by atoms with Crippen LogP contribution in [0.5, 0.6) is 0 Å². The Morgan fingerprint density at radius 3 is 2.21 bits per heavy atom. The number of nitriles is 1. The van der Waals surface area contributed by atoms with E-state index in [2.05, 4.69) is 52.4 Å². The van der Waals surface area contributed by atoms with E-state index < -0.39 is 0 Å². The van der Waals surface area contributed by atoms with Crippen LogP contribution in [0.2, 0.25) is 0 Å². The van der Waals surface area contributed by atoms with E-state index in [9.17, 15) is 4.79 Å². The molecule has 4 rings (SSSR count). The van der Waals surface area contributed by atoms with Crippen LogP contribution >= 0.6 is 0 Å². The number of amides is 1. The highest BCUT2D eigenvalue weighted by Crippen LogP contribution is 2.19. The molecule has 2 fully saturated rings. The van der Waals surface area contributed by atoms with Crippen molar-refractivity contribution in [3.05, 3.63) is 59.7 Å². The third kappa shape index (κ3) is 6.72. The smallest absolute Gasteiger partial charge is 0.223 e. The Labute approximate surface area is 198 Å². The third-order valence-corrected chi connectivity index (χ3v) is 6.65. The number of aryl methyl sites for hydroxylation is 1. The first-order valence-corrected chi connectivity index (χ1v) is 11.7. The summed E-state index contributed by atoms with van der Waals surface area (Å²) in [5.74, 6) is 0.280. The number of carbonyl (C=O) groups excluding carboxylic acids is 1. The van der Waals surface area contributed by atoms with E-state index in [1.165, 1.54) is 11.3 Å². The number of nitrogens with zero attached hydrogens (tertiary/aromatic N) is 4. The normalized spacial score (nSPS) is 17.2. The fourth-order valence-corrected chi connectivity index (χ4v) is 4.55. The molecule has 2 aromatic carbocycles. The average Bonchev–Trinajstić information content (AvgIpc) is 2.84. The highest BCUT2D eigenvalue weighted by Gasteiger charge is 2.24. The molecule has 0 spiro atoms. The average molecular weight is 448 g/mol. The minimum absolute atomic E-state index is 0. The molecule has 2 saturated heterocycles. The van der Waals surface area contributed by atoms with E-state index in [-0.39, 0.29) is 13.3 Å². The lowest BCUT2D eigenvalue weighted by Gasteiger charge is -2.37. The summed E-state index contributed by atoms with van der Waals surface area (Å²) in [6.07, 6.45) is 2.53. The standard InChI is InChI=1S/C26H33N5O.CH4/c1-21-2-8-25(9-3-21)30-18-16-29(17-19-30)13-12-26(32)31-14-10-24(11-15-31)28-23-6-4-22(20-27)5-7-23;/h2-9,24,28H,10-19H2,1H3;1H4. The minimum atomic E-state index is 0. The SMILES string of the molecule is C.Cc1ccc(N2CCN(CCC(=O)N3CCC(Nc4ccc(C#N)cc4)CC3)CC2)cc1. The van der Waals surface area contributed by atoms with E-state index in [0.717, 1.165) is 64.3 Å². The molecule has 2 aliphatic heterocycles. The van der Waals surface area contributed by atoms with Gasteiger partial charge in [0.25, 0.3) is 0 Å². The van der Waals surface area contributed by atoms with Gasteiger partial charge in [-0.2, -0.15) is 5.26 Å². The molecule has 1 amide bonds. The Hall–Kier alpha value is -3.04. The molecule has 6 nitrogen and oxygen atoms in total. The van der Waals surface area contributed by atoms with Crippen LogP contribution in [0.25, 0.3) is 0 Å². The number of hydrogen-bond acceptors (Lipinski definition) is 5. The molecule has 0 unspecified atom stereocenters. The van der Waals surface area contributed by atoms with Crippen LogP contribution in [0.15, 0.2) is 48.5 Å². The number of hydrogen-bond donors (Lipinski definition) is 1. The highest BCUT2D eigenvalue weighted by atomic mass is 16.2. The maximum atomic E-state index is 12.7. The molecule has 6 heteroatoms. The van der Waals surface area contributed by atoms with E-state index in [0.29, 0.717) is 18.0 Å². The lowest BCUT2D eigenvalue weighted by molar-refractivity contribution is -0.132. The fourth-order valence-electron chi connectivity index (χ4n) is 4.55. The number of anilines is 2. The quantitative estimate of drug-likeness (QED) is 0.722. The molecule has 0 aromatic heterocycles. The number of benzene rings is 2. The first-order valence-electron chi connectivity index (χ1n) is 11.7. The molecule has 0 atom stereocenters. The summed E-state index contributed by atoms with van der Waals surface area (Å²) in [6, 6.07) is 18.8. The van der Waals surface area contributed by atoms with Crippen molar-refractivity contribution in [2.45, 2.75) is 39.7 Å². The van der Waals surface area contributed by atoms with Gasteiger partial charge in [0, 0.05) is 69.7 Å². The Balaban J connectivity index is 0.00000306. The number of piperazine rings is 1. The molecular formula is C27H37N5O. The molecule has 33 heavy (non-hydrogen) atoms. The van der Waals surface area contributed by atoms with Gasteiger partial charge >= 0.3 is 0 Å². The van der Waals surface area contributed by atoms with Gasteiger partial charge in [0.15, 0.2) is 0 Å². The molecule has 2 heterocycles. The van der Waals surface area contributed by atoms with Crippen molar-refractivity contribution in [1.29, 1.82) is 5.26 Å². The molecule has 0 radical (unpaired) electrons. The zero-order valence-electron chi connectivity index (χ0n) is 19.0. The third-order valence-electron chi connectivity index (χ3n) is 6.65. The largest absolute Gasteiger partial charge is 0.382 e. The van der Waals surface area contributed by atoms with Crippen molar-refractivity contribution in [2.24, 2.45) is 0 Å². The van der Waals surface area contributed by atoms with Crippen LogP contribution < -0.4 is 10.2 Å². The van der Waals surface area contributed by atoms with Crippen LogP contribution in [0, 0.1) is 18.3 Å². The van der Waals surface area contributed by atoms with Gasteiger partial charge < -0.3 is 15.1 Å². The van der Waals surface area contributed by atoms with Crippen LogP contribution in [0.4, 0.5) is 11.4 Å². The van der Waals surface area contributed by atoms with Gasteiger partial charge in [-0.25, -0.2) is 0 Å². The summed E-state index contributed by atoms with van der Waals surface area (Å²) < 4.78 is 0. The van der Waals surface area contributed by atoms with Crippen molar-refractivity contribution in [3.8, 4) is 6.07 Å². The maximum Gasteiger partial charge on any atom is 0.223 e. The van der Waals surface area contributed by atoms with E-state index in [1.807, 2.05) is 29.2 Å². The summed E-state index contributed by atoms with van der Waals surface area (Å²) in [4.78, 5) is 19.6. The number of piperidine rings is 1. The second-order valence-corrected chi connectivity index (χ2v) is 8.90. The van der Waals surface area contributed by atoms with E-state index >= 15 is 0 Å². The Morgan fingerprint density at radius 1 is 0.970 bits per heavy atom. The topological polar surface area (TPSA) is 62.6 Å². The fraction of sp³-hybridized carbons (Fsp3) is 0.481. The van der Waals surface area contributed by atoms with E-state index in [1.54, 1.807) is 0 Å². The molecule has 0 saturated carbocycles. The van der Waals surface area contributed by atoms with Gasteiger partial charge in [-0.1, -0.05) is 25.1 Å². The predicted octanol–water partition coefficient (Wildman–Crippen LogP) is 4.12. The van der Waals surface area contributed by atoms with Crippen LogP contribution in [-0.2, 0) is 4.79 Å². The van der Waals surface area contributed by atoms with Crippen LogP contribution in [0.1, 0.15) is 37.8 Å². The molecule has 1 N–H and O–H groups in total. The molecular weight excluding hydrogens is 410 g/mol. The van der Waals surface area contributed by atoms with Gasteiger partial charge in [-0.15, -0.1) is 0 Å². The monoisotopic (exact) mass is 447 g/mol. The zero-order valence-corrected chi connectivity index (χ0v) is 19.0. The molecule has 2 aliphatic rings. The highest BCUT2D eigenvalue weighted by molar-refractivity contribution is 5.76. The van der Waals surface area contributed by atoms with Gasteiger partial charge in [0.2, 0.25) is 5.91 Å². The zero-order chi connectivity index (χ0) is 22.3. The molecule has 176 valence electrons. The van der Waals surface area contributed by atoms with Gasteiger partial charge in [-0.3, -0.25) is 9.69 Å². The summed E-state index contributed by atoms with van der Waals surface area (Å²) in [7, 11) is 0. The summed E-state index contributed by atoms with van der Waals surface area (Å²) in [5, 5.41) is 12.4. The van der Waals surface area contributed by atoms with Crippen molar-refractivity contribution < 1.29 is 4.79 Å². The van der Waals surface area contributed by atoms with Gasteiger partial charge in [0.1, 0.15) is 0 Å². The first-order chi connectivity index (χ1) is 15.6. The molecule has 0 bridgehead atoms. The van der Waals surface area contributed by atoms with Crippen LogP contribution in [-0.4, -0.2) is 67.6 Å². The maximum absolute atomic E-state index is 12.7. The van der Waals surface area contributed by atoms with Crippen LogP contribution in [0.3, 0.4) is 0 Å². The Morgan fingerprint density at radius 2 is 1.61 bits per heavy atom. The molecule has 2 aromatic rings. The lowest BCUT2D eigenvalue weighted by Crippen LogP contribution is -2.48. The number of carbonyl (C=O) groups is 1. The van der Waals surface area contributed by atoms with Crippen molar-refractivity contribution in [1.82, 2.24) is 9.80 Å². The Bertz CT molecular complexity index is 918. The number of rotatable bonds is 6. The Kier molecular flexibility index (Phi) is 8.73. The predicted molar refractivity (Wildman–Crippen MR) is 136 cm³/mol. The second-order valence-electron chi connectivity index (χ2n) is 8.90. The summed E-state index contributed by atoms with van der Waals surface area (Å²) in [6.45, 7) is 8.65. The lowest BCUT2D eigenvalue weighted by atomic mass is 10.0. The van der Waals surface area contributed by atoms with Gasteiger partial charge in [-0.05, 0) is 56.2 Å². The first kappa shape index (κ1) is 24.6. The number of likely N-dealkylation sites (tertiary alicyclic amines) is 1. The molecule has 0 aliphatic carbocycles. The van der Waals surface area contributed by atoms with E-state index in [4.69, 9.17) is 5.26 Å². The van der Waals surface area contributed by atoms with Crippen molar-refractivity contribution in [2.75, 3.05) is 56.0 Å². The summed E-state index contributed by atoms with van der Waals surface area (Å²) in [5.41, 5.74) is 4.30. The van der Waals surface area contributed by atoms with Crippen molar-refractivity contribution >= 4 is 17.3 Å².